The first-order valence-corrected chi connectivity index (χ1v) is 7.24. The van der Waals surface area contributed by atoms with E-state index in [1.54, 1.807) is 10.7 Å². The van der Waals surface area contributed by atoms with Crippen LogP contribution in [0.1, 0.15) is 0 Å². The van der Waals surface area contributed by atoms with E-state index in [9.17, 15) is 0 Å². The first kappa shape index (κ1) is 13.3. The van der Waals surface area contributed by atoms with Crippen LogP contribution in [-0.4, -0.2) is 19.6 Å². The minimum Gasteiger partial charge on any atom is -0.325 e. The van der Waals surface area contributed by atoms with Crippen molar-refractivity contribution in [1.82, 2.24) is 19.6 Å². The van der Waals surface area contributed by atoms with Crippen molar-refractivity contribution in [2.24, 2.45) is 0 Å². The second kappa shape index (κ2) is 5.76. The molecule has 3 aromatic heterocycles. The zero-order valence-electron chi connectivity index (χ0n) is 12.2. The first-order valence-electron chi connectivity index (χ1n) is 7.24. The summed E-state index contributed by atoms with van der Waals surface area (Å²) in [6.45, 7) is 0. The highest BCUT2D eigenvalue weighted by atomic mass is 15.4. The van der Waals surface area contributed by atoms with Gasteiger partial charge in [0, 0.05) is 11.9 Å². The first-order chi connectivity index (χ1) is 11.4. The van der Waals surface area contributed by atoms with E-state index in [1.165, 1.54) is 0 Å². The molecule has 0 unspecified atom stereocenters. The largest absolute Gasteiger partial charge is 0.325 e. The average Bonchev–Trinajstić information content (AvgIpc) is 3.00. The highest BCUT2D eigenvalue weighted by molar-refractivity contribution is 5.60. The smallest absolute Gasteiger partial charge is 0.247 e. The molecular weight excluding hydrogens is 288 g/mol. The van der Waals surface area contributed by atoms with Gasteiger partial charge in [-0.25, -0.2) is 4.98 Å². The van der Waals surface area contributed by atoms with Gasteiger partial charge in [0.15, 0.2) is 5.65 Å². The number of aromatic nitrogens is 4. The lowest BCUT2D eigenvalue weighted by Crippen LogP contribution is -2.01. The standard InChI is InChI=1S/C17H14N6/c1-2-7-13(8-3-1)19-17-21-16-11-6-10-15(23(16)22-17)20-14-9-4-5-12-18-14/h1-12H,(H,18,20)(H,19,22). The van der Waals surface area contributed by atoms with Gasteiger partial charge in [-0.1, -0.05) is 30.3 Å². The van der Waals surface area contributed by atoms with Gasteiger partial charge in [-0.3, -0.25) is 0 Å². The highest BCUT2D eigenvalue weighted by Crippen LogP contribution is 2.18. The van der Waals surface area contributed by atoms with Crippen LogP contribution in [0.2, 0.25) is 0 Å². The Balaban J connectivity index is 1.67. The lowest BCUT2D eigenvalue weighted by atomic mass is 10.3. The van der Waals surface area contributed by atoms with Gasteiger partial charge in [0.2, 0.25) is 5.95 Å². The monoisotopic (exact) mass is 302 g/mol. The van der Waals surface area contributed by atoms with Crippen molar-refractivity contribution in [3.05, 3.63) is 72.9 Å². The van der Waals surface area contributed by atoms with Crippen molar-refractivity contribution < 1.29 is 0 Å². The summed E-state index contributed by atoms with van der Waals surface area (Å²) < 4.78 is 1.75. The molecule has 0 saturated carbocycles. The molecule has 6 nitrogen and oxygen atoms in total. The van der Waals surface area contributed by atoms with Crippen molar-refractivity contribution in [3.63, 3.8) is 0 Å². The molecule has 2 N–H and O–H groups in total. The Hall–Kier alpha value is -3.41. The summed E-state index contributed by atoms with van der Waals surface area (Å²) in [4.78, 5) is 8.76. The molecule has 23 heavy (non-hydrogen) atoms. The van der Waals surface area contributed by atoms with E-state index >= 15 is 0 Å². The van der Waals surface area contributed by atoms with Crippen molar-refractivity contribution in [2.45, 2.75) is 0 Å². The normalized spacial score (nSPS) is 10.6. The molecule has 0 amide bonds. The van der Waals surface area contributed by atoms with Crippen molar-refractivity contribution in [3.8, 4) is 0 Å². The van der Waals surface area contributed by atoms with Gasteiger partial charge in [0.25, 0.3) is 0 Å². The zero-order valence-corrected chi connectivity index (χ0v) is 12.2. The summed E-state index contributed by atoms with van der Waals surface area (Å²) in [6, 6.07) is 21.3. The molecule has 0 spiro atoms. The number of benzene rings is 1. The topological polar surface area (TPSA) is 67.1 Å². The molecule has 4 rings (SSSR count). The summed E-state index contributed by atoms with van der Waals surface area (Å²) >= 11 is 0. The molecule has 6 heteroatoms. The SMILES string of the molecule is c1ccc(Nc2nc3cccc(Nc4ccccn4)n3n2)cc1. The number of nitrogens with one attached hydrogen (secondary N) is 2. The van der Waals surface area contributed by atoms with Gasteiger partial charge in [-0.05, 0) is 36.4 Å². The van der Waals surface area contributed by atoms with E-state index in [-0.39, 0.29) is 0 Å². The molecule has 0 radical (unpaired) electrons. The fourth-order valence-corrected chi connectivity index (χ4v) is 2.27. The van der Waals surface area contributed by atoms with E-state index in [1.807, 2.05) is 66.7 Å². The maximum Gasteiger partial charge on any atom is 0.247 e. The molecule has 0 aliphatic carbocycles. The van der Waals surface area contributed by atoms with Crippen molar-refractivity contribution in [1.29, 1.82) is 0 Å². The van der Waals surface area contributed by atoms with Crippen LogP contribution >= 0.6 is 0 Å². The Morgan fingerprint density at radius 1 is 0.783 bits per heavy atom. The molecule has 112 valence electrons. The maximum absolute atomic E-state index is 4.51. The van der Waals surface area contributed by atoms with Gasteiger partial charge in [-0.15, -0.1) is 5.10 Å². The average molecular weight is 302 g/mol. The summed E-state index contributed by atoms with van der Waals surface area (Å²) in [5.41, 5.74) is 1.70. The summed E-state index contributed by atoms with van der Waals surface area (Å²) in [5, 5.41) is 11.0. The van der Waals surface area contributed by atoms with Gasteiger partial charge in [0.05, 0.1) is 0 Å². The van der Waals surface area contributed by atoms with Crippen LogP contribution in [0.15, 0.2) is 72.9 Å². The second-order valence-corrected chi connectivity index (χ2v) is 4.95. The quantitative estimate of drug-likeness (QED) is 0.603. The van der Waals surface area contributed by atoms with Crippen molar-refractivity contribution in [2.75, 3.05) is 10.6 Å². The number of para-hydroxylation sites is 1. The van der Waals surface area contributed by atoms with Crippen LogP contribution in [-0.2, 0) is 0 Å². The second-order valence-electron chi connectivity index (χ2n) is 4.95. The summed E-state index contributed by atoms with van der Waals surface area (Å²) in [7, 11) is 0. The lowest BCUT2D eigenvalue weighted by molar-refractivity contribution is 0.970. The van der Waals surface area contributed by atoms with E-state index in [0.717, 1.165) is 23.0 Å². The van der Waals surface area contributed by atoms with E-state index in [0.29, 0.717) is 5.95 Å². The van der Waals surface area contributed by atoms with Gasteiger partial charge >= 0.3 is 0 Å². The summed E-state index contributed by atoms with van der Waals surface area (Å²) in [6.07, 6.45) is 1.74. The predicted molar refractivity (Wildman–Crippen MR) is 90.2 cm³/mol. The maximum atomic E-state index is 4.51. The van der Waals surface area contributed by atoms with Crippen LogP contribution in [0.3, 0.4) is 0 Å². The third kappa shape index (κ3) is 2.82. The van der Waals surface area contributed by atoms with Crippen molar-refractivity contribution >= 4 is 28.9 Å². The van der Waals surface area contributed by atoms with Crippen LogP contribution in [0.4, 0.5) is 23.3 Å². The van der Waals surface area contributed by atoms with Crippen LogP contribution < -0.4 is 10.6 Å². The molecule has 0 saturated heterocycles. The van der Waals surface area contributed by atoms with Crippen LogP contribution in [0, 0.1) is 0 Å². The predicted octanol–water partition coefficient (Wildman–Crippen LogP) is 3.61. The fourth-order valence-electron chi connectivity index (χ4n) is 2.27. The lowest BCUT2D eigenvalue weighted by Gasteiger charge is -2.06. The van der Waals surface area contributed by atoms with Crippen LogP contribution in [0.5, 0.6) is 0 Å². The molecule has 0 aliphatic heterocycles. The Kier molecular flexibility index (Phi) is 3.32. The molecule has 0 aliphatic rings. The van der Waals surface area contributed by atoms with Gasteiger partial charge in [0.1, 0.15) is 11.6 Å². The molecule has 1 aromatic carbocycles. The number of hydrogen-bond donors (Lipinski definition) is 2. The molecule has 0 bridgehead atoms. The third-order valence-corrected chi connectivity index (χ3v) is 3.31. The number of pyridine rings is 2. The number of hydrogen-bond acceptors (Lipinski definition) is 5. The molecular formula is C17H14N6. The van der Waals surface area contributed by atoms with E-state index < -0.39 is 0 Å². The third-order valence-electron chi connectivity index (χ3n) is 3.31. The fraction of sp³-hybridized carbons (Fsp3) is 0. The van der Waals surface area contributed by atoms with Crippen LogP contribution in [0.25, 0.3) is 5.65 Å². The Morgan fingerprint density at radius 2 is 1.65 bits per heavy atom. The highest BCUT2D eigenvalue weighted by Gasteiger charge is 2.07. The number of fused-ring (bicyclic) bond motifs is 1. The van der Waals surface area contributed by atoms with Gasteiger partial charge in [-0.2, -0.15) is 9.50 Å². The van der Waals surface area contributed by atoms with E-state index in [2.05, 4.69) is 25.7 Å². The molecule has 0 fully saturated rings. The van der Waals surface area contributed by atoms with Gasteiger partial charge < -0.3 is 10.6 Å². The molecule has 4 aromatic rings. The molecule has 0 atom stereocenters. The Labute approximate surface area is 132 Å². The number of rotatable bonds is 4. The minimum absolute atomic E-state index is 0.548. The number of anilines is 4. The summed E-state index contributed by atoms with van der Waals surface area (Å²) in [5.74, 6) is 2.11. The Morgan fingerprint density at radius 3 is 2.48 bits per heavy atom. The minimum atomic E-state index is 0.548. The Bertz CT molecular complexity index is 918. The van der Waals surface area contributed by atoms with E-state index in [4.69, 9.17) is 0 Å². The number of nitrogens with zero attached hydrogens (tertiary/aromatic N) is 4. The molecule has 3 heterocycles. The zero-order chi connectivity index (χ0) is 15.5.